The highest BCUT2D eigenvalue weighted by molar-refractivity contribution is 8.14. The first-order valence-electron chi connectivity index (χ1n) is 10.2. The van der Waals surface area contributed by atoms with Crippen molar-refractivity contribution in [2.45, 2.75) is 6.42 Å². The SMILES string of the molecule is O=C(CSC1=N/C(=C/c2ccccn2)C(=O)N1c1ccccc1)NCCc1ccccc1. The highest BCUT2D eigenvalue weighted by Gasteiger charge is 2.32. The van der Waals surface area contributed by atoms with Crippen molar-refractivity contribution in [3.8, 4) is 0 Å². The van der Waals surface area contributed by atoms with Gasteiger partial charge in [0.05, 0.1) is 17.1 Å². The van der Waals surface area contributed by atoms with Crippen LogP contribution in [0.25, 0.3) is 6.08 Å². The van der Waals surface area contributed by atoms with Gasteiger partial charge in [0, 0.05) is 12.7 Å². The van der Waals surface area contributed by atoms with E-state index in [-0.39, 0.29) is 17.6 Å². The van der Waals surface area contributed by atoms with Crippen LogP contribution in [0, 0.1) is 0 Å². The number of rotatable bonds is 7. The Hall–Kier alpha value is -3.71. The van der Waals surface area contributed by atoms with Crippen LogP contribution in [0.4, 0.5) is 5.69 Å². The van der Waals surface area contributed by atoms with E-state index in [1.165, 1.54) is 22.2 Å². The van der Waals surface area contributed by atoms with Gasteiger partial charge in [0.2, 0.25) is 5.91 Å². The second-order valence-corrected chi connectivity index (χ2v) is 7.97. The number of nitrogens with zero attached hydrogens (tertiary/aromatic N) is 3. The number of amidine groups is 1. The van der Waals surface area contributed by atoms with Crippen LogP contribution in [0.3, 0.4) is 0 Å². The summed E-state index contributed by atoms with van der Waals surface area (Å²) in [5, 5.41) is 3.40. The Morgan fingerprint density at radius 2 is 1.69 bits per heavy atom. The number of anilines is 1. The van der Waals surface area contributed by atoms with Crippen molar-refractivity contribution in [2.24, 2.45) is 4.99 Å². The van der Waals surface area contributed by atoms with Crippen LogP contribution in [-0.4, -0.2) is 34.3 Å². The number of carbonyl (C=O) groups excluding carboxylic acids is 2. The normalized spacial score (nSPS) is 14.5. The molecule has 1 N–H and O–H groups in total. The third-order valence-corrected chi connectivity index (χ3v) is 5.67. The second-order valence-electron chi connectivity index (χ2n) is 7.03. The molecule has 7 heteroatoms. The monoisotopic (exact) mass is 442 g/mol. The average Bonchev–Trinajstić information content (AvgIpc) is 3.14. The number of thioether (sulfide) groups is 1. The molecule has 2 amide bonds. The molecule has 4 rings (SSSR count). The van der Waals surface area contributed by atoms with Gasteiger partial charge in [-0.3, -0.25) is 19.5 Å². The molecule has 32 heavy (non-hydrogen) atoms. The predicted molar refractivity (Wildman–Crippen MR) is 129 cm³/mol. The van der Waals surface area contributed by atoms with Gasteiger partial charge in [-0.05, 0) is 42.3 Å². The Bertz CT molecular complexity index is 1130. The fourth-order valence-electron chi connectivity index (χ4n) is 3.17. The van der Waals surface area contributed by atoms with Gasteiger partial charge < -0.3 is 5.32 Å². The number of amides is 2. The number of hydrogen-bond acceptors (Lipinski definition) is 5. The number of hydrogen-bond donors (Lipinski definition) is 1. The first-order valence-corrected chi connectivity index (χ1v) is 11.2. The molecule has 0 aliphatic carbocycles. The van der Waals surface area contributed by atoms with Crippen LogP contribution in [0.2, 0.25) is 0 Å². The van der Waals surface area contributed by atoms with E-state index >= 15 is 0 Å². The van der Waals surface area contributed by atoms with Crippen molar-refractivity contribution in [3.05, 3.63) is 102 Å². The molecule has 6 nitrogen and oxygen atoms in total. The molecule has 160 valence electrons. The van der Waals surface area contributed by atoms with Gasteiger partial charge in [-0.2, -0.15) is 0 Å². The van der Waals surface area contributed by atoms with Crippen molar-refractivity contribution in [3.63, 3.8) is 0 Å². The molecule has 0 bridgehead atoms. The van der Waals surface area contributed by atoms with Crippen molar-refractivity contribution in [2.75, 3.05) is 17.2 Å². The summed E-state index contributed by atoms with van der Waals surface area (Å²) in [6, 6.07) is 24.8. The van der Waals surface area contributed by atoms with Gasteiger partial charge in [-0.15, -0.1) is 0 Å². The molecule has 0 atom stereocenters. The number of aliphatic imine (C=N–C) groups is 1. The van der Waals surface area contributed by atoms with Gasteiger partial charge in [0.1, 0.15) is 5.70 Å². The predicted octanol–water partition coefficient (Wildman–Crippen LogP) is 3.92. The van der Waals surface area contributed by atoms with E-state index in [2.05, 4.69) is 15.3 Å². The maximum atomic E-state index is 13.1. The fourth-order valence-corrected chi connectivity index (χ4v) is 4.01. The van der Waals surface area contributed by atoms with Crippen LogP contribution >= 0.6 is 11.8 Å². The fraction of sp³-hybridized carbons (Fsp3) is 0.120. The van der Waals surface area contributed by atoms with Crippen molar-refractivity contribution in [1.29, 1.82) is 0 Å². The average molecular weight is 443 g/mol. The van der Waals surface area contributed by atoms with E-state index in [4.69, 9.17) is 0 Å². The Kier molecular flexibility index (Phi) is 7.09. The third kappa shape index (κ3) is 5.50. The number of carbonyl (C=O) groups is 2. The summed E-state index contributed by atoms with van der Waals surface area (Å²) >= 11 is 1.24. The Morgan fingerprint density at radius 3 is 2.41 bits per heavy atom. The summed E-state index contributed by atoms with van der Waals surface area (Å²) in [5.41, 5.74) is 2.82. The van der Waals surface area contributed by atoms with E-state index in [9.17, 15) is 9.59 Å². The largest absolute Gasteiger partial charge is 0.355 e. The second kappa shape index (κ2) is 10.5. The van der Waals surface area contributed by atoms with Gasteiger partial charge in [-0.25, -0.2) is 4.99 Å². The van der Waals surface area contributed by atoms with E-state index in [1.54, 1.807) is 12.3 Å². The minimum atomic E-state index is -0.242. The minimum Gasteiger partial charge on any atom is -0.355 e. The molecule has 0 radical (unpaired) electrons. The topological polar surface area (TPSA) is 74.7 Å². The van der Waals surface area contributed by atoms with E-state index < -0.39 is 0 Å². The summed E-state index contributed by atoms with van der Waals surface area (Å²) in [6.07, 6.45) is 4.09. The molecular formula is C25H22N4O2S. The van der Waals surface area contributed by atoms with E-state index in [0.29, 0.717) is 28.8 Å². The number of pyridine rings is 1. The van der Waals surface area contributed by atoms with Gasteiger partial charge >= 0.3 is 0 Å². The highest BCUT2D eigenvalue weighted by atomic mass is 32.2. The minimum absolute atomic E-state index is 0.101. The highest BCUT2D eigenvalue weighted by Crippen LogP contribution is 2.29. The zero-order chi connectivity index (χ0) is 22.2. The third-order valence-electron chi connectivity index (χ3n) is 4.73. The van der Waals surface area contributed by atoms with Crippen LogP contribution in [0.15, 0.2) is 95.7 Å². The summed E-state index contributed by atoms with van der Waals surface area (Å²) in [5.74, 6) is -0.175. The number of benzene rings is 2. The Balaban J connectivity index is 1.44. The lowest BCUT2D eigenvalue weighted by Gasteiger charge is -2.17. The molecule has 1 aliphatic rings. The molecule has 0 spiro atoms. The lowest BCUT2D eigenvalue weighted by Crippen LogP contribution is -2.32. The molecule has 2 aromatic carbocycles. The smallest absolute Gasteiger partial charge is 0.283 e. The van der Waals surface area contributed by atoms with Crippen LogP contribution < -0.4 is 10.2 Å². The molecule has 3 aromatic rings. The summed E-state index contributed by atoms with van der Waals surface area (Å²) in [6.45, 7) is 0.558. The molecule has 0 fully saturated rings. The van der Waals surface area contributed by atoms with Crippen molar-refractivity contribution >= 4 is 40.5 Å². The quantitative estimate of drug-likeness (QED) is 0.563. The Morgan fingerprint density at radius 1 is 0.969 bits per heavy atom. The molecule has 0 saturated carbocycles. The van der Waals surface area contributed by atoms with Crippen LogP contribution in [-0.2, 0) is 16.0 Å². The maximum Gasteiger partial charge on any atom is 0.283 e. The summed E-state index contributed by atoms with van der Waals surface area (Å²) in [4.78, 5) is 35.8. The number of aromatic nitrogens is 1. The first kappa shape index (κ1) is 21.5. The van der Waals surface area contributed by atoms with E-state index in [0.717, 1.165) is 6.42 Å². The standard InChI is InChI=1S/C25H22N4O2S/c30-23(27-16-14-19-9-3-1-4-10-19)18-32-25-28-22(17-20-11-7-8-15-26-20)24(31)29(25)21-12-5-2-6-13-21/h1-13,15,17H,14,16,18H2,(H,27,30)/b22-17+. The lowest BCUT2D eigenvalue weighted by atomic mass is 10.1. The van der Waals surface area contributed by atoms with Gasteiger partial charge in [0.15, 0.2) is 5.17 Å². The molecule has 0 saturated heterocycles. The molecular weight excluding hydrogens is 420 g/mol. The Labute approximate surface area is 191 Å². The summed E-state index contributed by atoms with van der Waals surface area (Å²) < 4.78 is 0. The molecule has 2 heterocycles. The number of para-hydroxylation sites is 1. The molecule has 1 aliphatic heterocycles. The lowest BCUT2D eigenvalue weighted by molar-refractivity contribution is -0.118. The van der Waals surface area contributed by atoms with Crippen molar-refractivity contribution in [1.82, 2.24) is 10.3 Å². The van der Waals surface area contributed by atoms with E-state index in [1.807, 2.05) is 78.9 Å². The van der Waals surface area contributed by atoms with Crippen molar-refractivity contribution < 1.29 is 9.59 Å². The summed E-state index contributed by atoms with van der Waals surface area (Å²) in [7, 11) is 0. The first-order chi connectivity index (χ1) is 15.7. The zero-order valence-electron chi connectivity index (χ0n) is 17.3. The molecule has 1 aromatic heterocycles. The van der Waals surface area contributed by atoms with Gasteiger partial charge in [0.25, 0.3) is 5.91 Å². The number of nitrogens with one attached hydrogen (secondary N) is 1. The van der Waals surface area contributed by atoms with Crippen LogP contribution in [0.5, 0.6) is 0 Å². The maximum absolute atomic E-state index is 13.1. The molecule has 0 unspecified atom stereocenters. The van der Waals surface area contributed by atoms with Gasteiger partial charge in [-0.1, -0.05) is 66.4 Å². The zero-order valence-corrected chi connectivity index (χ0v) is 18.2. The van der Waals surface area contributed by atoms with Crippen LogP contribution in [0.1, 0.15) is 11.3 Å².